The molecule has 0 heterocycles. The molecule has 0 aliphatic rings. The summed E-state index contributed by atoms with van der Waals surface area (Å²) in [7, 11) is 0. The number of ether oxygens (including phenoxy) is 1. The third-order valence-electron chi connectivity index (χ3n) is 2.00. The van der Waals surface area contributed by atoms with Crippen LogP contribution in [0.2, 0.25) is 0 Å². The van der Waals surface area contributed by atoms with Crippen LogP contribution in [0.4, 0.5) is 0 Å². The van der Waals surface area contributed by atoms with E-state index in [0.717, 1.165) is 5.33 Å². The second-order valence-corrected chi connectivity index (χ2v) is 4.32. The summed E-state index contributed by atoms with van der Waals surface area (Å²) in [5.74, 6) is 0.491. The predicted molar refractivity (Wildman–Crippen MR) is 64.2 cm³/mol. The molecule has 0 saturated heterocycles. The molecule has 0 fully saturated rings. The molecule has 1 rings (SSSR count). The molecule has 0 bridgehead atoms. The van der Waals surface area contributed by atoms with Crippen LogP contribution in [0.15, 0.2) is 30.3 Å². The third kappa shape index (κ3) is 3.60. The minimum atomic E-state index is -0.280. The lowest BCUT2D eigenvalue weighted by molar-refractivity contribution is -0.00767. The Kier molecular flexibility index (Phi) is 4.93. The molecule has 1 aromatic rings. The first kappa shape index (κ1) is 12.0. The summed E-state index contributed by atoms with van der Waals surface area (Å²) in [5, 5.41) is 0.746. The largest absolute Gasteiger partial charge is 0.368 e. The van der Waals surface area contributed by atoms with Crippen LogP contribution in [-0.4, -0.2) is 16.8 Å². The fraction of sp³-hybridized carbons (Fsp3) is 0.455. The maximum atomic E-state index is 5.82. The number of benzene rings is 1. The van der Waals surface area contributed by atoms with Crippen LogP contribution >= 0.6 is 27.5 Å². The summed E-state index contributed by atoms with van der Waals surface area (Å²) >= 11 is 9.22. The molecule has 0 saturated carbocycles. The Bertz CT molecular complexity index is 259. The highest BCUT2D eigenvalue weighted by atomic mass is 79.9. The number of rotatable bonds is 5. The molecule has 0 aromatic heterocycles. The van der Waals surface area contributed by atoms with Gasteiger partial charge in [0.05, 0.1) is 18.1 Å². The Hall–Kier alpha value is -0.0500. The highest BCUT2D eigenvalue weighted by Crippen LogP contribution is 2.18. The van der Waals surface area contributed by atoms with Crippen molar-refractivity contribution in [3.63, 3.8) is 0 Å². The highest BCUT2D eigenvalue weighted by Gasteiger charge is 2.22. The maximum absolute atomic E-state index is 5.82. The smallest absolute Gasteiger partial charge is 0.0890 e. The molecule has 78 valence electrons. The average molecular weight is 278 g/mol. The zero-order valence-electron chi connectivity index (χ0n) is 8.17. The molecule has 0 amide bonds. The van der Waals surface area contributed by atoms with Crippen LogP contribution in [0.25, 0.3) is 0 Å². The Balaban J connectivity index is 2.48. The molecule has 1 atom stereocenters. The molecule has 0 spiro atoms. The Morgan fingerprint density at radius 1 is 1.36 bits per heavy atom. The molecule has 0 aliphatic heterocycles. The van der Waals surface area contributed by atoms with Gasteiger partial charge in [0.1, 0.15) is 0 Å². The summed E-state index contributed by atoms with van der Waals surface area (Å²) in [6, 6.07) is 10.1. The zero-order chi connectivity index (χ0) is 10.4. The summed E-state index contributed by atoms with van der Waals surface area (Å²) in [6.45, 7) is 2.60. The van der Waals surface area contributed by atoms with Crippen LogP contribution < -0.4 is 0 Å². The first-order chi connectivity index (χ1) is 6.70. The van der Waals surface area contributed by atoms with Crippen LogP contribution in [0.5, 0.6) is 0 Å². The van der Waals surface area contributed by atoms with Crippen LogP contribution in [0, 0.1) is 0 Å². The molecule has 0 aliphatic carbocycles. The summed E-state index contributed by atoms with van der Waals surface area (Å²) in [4.78, 5) is 0. The maximum Gasteiger partial charge on any atom is 0.0890 e. The van der Waals surface area contributed by atoms with Crippen molar-refractivity contribution in [3.8, 4) is 0 Å². The molecular weight excluding hydrogens is 263 g/mol. The highest BCUT2D eigenvalue weighted by molar-refractivity contribution is 9.09. The van der Waals surface area contributed by atoms with Crippen molar-refractivity contribution in [3.05, 3.63) is 35.9 Å². The van der Waals surface area contributed by atoms with Crippen molar-refractivity contribution in [1.29, 1.82) is 0 Å². The number of hydrogen-bond donors (Lipinski definition) is 0. The normalized spacial score (nSPS) is 15.1. The van der Waals surface area contributed by atoms with Gasteiger partial charge in [-0.3, -0.25) is 0 Å². The van der Waals surface area contributed by atoms with E-state index in [0.29, 0.717) is 12.5 Å². The van der Waals surface area contributed by atoms with Crippen LogP contribution in [0.3, 0.4) is 0 Å². The monoisotopic (exact) mass is 276 g/mol. The first-order valence-corrected chi connectivity index (χ1v) is 6.15. The zero-order valence-corrected chi connectivity index (χ0v) is 10.5. The van der Waals surface area contributed by atoms with Crippen LogP contribution in [-0.2, 0) is 11.3 Å². The average Bonchev–Trinajstić information content (AvgIpc) is 2.27. The Labute approximate surface area is 98.5 Å². The number of alkyl halides is 2. The van der Waals surface area contributed by atoms with E-state index < -0.39 is 0 Å². The van der Waals surface area contributed by atoms with E-state index >= 15 is 0 Å². The van der Waals surface area contributed by atoms with Gasteiger partial charge in [0.2, 0.25) is 0 Å². The Morgan fingerprint density at radius 2 is 2.00 bits per heavy atom. The minimum absolute atomic E-state index is 0.280. The van der Waals surface area contributed by atoms with Crippen molar-refractivity contribution in [2.45, 2.75) is 19.1 Å². The Morgan fingerprint density at radius 3 is 2.50 bits per heavy atom. The topological polar surface area (TPSA) is 9.23 Å². The predicted octanol–water partition coefficient (Wildman–Crippen LogP) is 3.60. The van der Waals surface area contributed by atoms with E-state index in [1.54, 1.807) is 0 Å². The van der Waals surface area contributed by atoms with Gasteiger partial charge in [-0.25, -0.2) is 0 Å². The van der Waals surface area contributed by atoms with E-state index in [9.17, 15) is 0 Å². The van der Waals surface area contributed by atoms with Crippen molar-refractivity contribution in [1.82, 2.24) is 0 Å². The number of halogens is 2. The second kappa shape index (κ2) is 5.74. The summed E-state index contributed by atoms with van der Waals surface area (Å²) < 4.78 is 5.74. The molecule has 14 heavy (non-hydrogen) atoms. The molecule has 1 aromatic carbocycles. The first-order valence-electron chi connectivity index (χ1n) is 4.50. The number of hydrogen-bond acceptors (Lipinski definition) is 1. The van der Waals surface area contributed by atoms with Gasteiger partial charge in [-0.15, -0.1) is 11.6 Å². The van der Waals surface area contributed by atoms with E-state index in [1.165, 1.54) is 5.56 Å². The van der Waals surface area contributed by atoms with E-state index in [-0.39, 0.29) is 5.60 Å². The van der Waals surface area contributed by atoms with Crippen molar-refractivity contribution in [2.24, 2.45) is 0 Å². The fourth-order valence-electron chi connectivity index (χ4n) is 0.945. The lowest BCUT2D eigenvalue weighted by Crippen LogP contribution is -2.32. The SMILES string of the molecule is CC(CCl)(CBr)OCc1ccccc1. The van der Waals surface area contributed by atoms with Gasteiger partial charge in [-0.2, -0.15) is 0 Å². The lowest BCUT2D eigenvalue weighted by atomic mass is 10.2. The molecule has 1 unspecified atom stereocenters. The minimum Gasteiger partial charge on any atom is -0.368 e. The molecule has 0 N–H and O–H groups in total. The van der Waals surface area contributed by atoms with Crippen molar-refractivity contribution < 1.29 is 4.74 Å². The van der Waals surface area contributed by atoms with Gasteiger partial charge in [0.15, 0.2) is 0 Å². The molecule has 0 radical (unpaired) electrons. The van der Waals surface area contributed by atoms with Gasteiger partial charge in [0, 0.05) is 5.33 Å². The summed E-state index contributed by atoms with van der Waals surface area (Å²) in [6.07, 6.45) is 0. The van der Waals surface area contributed by atoms with Crippen LogP contribution in [0.1, 0.15) is 12.5 Å². The van der Waals surface area contributed by atoms with Crippen molar-refractivity contribution >= 4 is 27.5 Å². The molecule has 1 nitrogen and oxygen atoms in total. The van der Waals surface area contributed by atoms with Gasteiger partial charge in [0.25, 0.3) is 0 Å². The van der Waals surface area contributed by atoms with Gasteiger partial charge in [-0.05, 0) is 12.5 Å². The van der Waals surface area contributed by atoms with E-state index in [1.807, 2.05) is 37.3 Å². The quantitative estimate of drug-likeness (QED) is 0.747. The van der Waals surface area contributed by atoms with E-state index in [2.05, 4.69) is 15.9 Å². The van der Waals surface area contributed by atoms with Gasteiger partial charge < -0.3 is 4.74 Å². The third-order valence-corrected chi connectivity index (χ3v) is 3.75. The second-order valence-electron chi connectivity index (χ2n) is 3.49. The van der Waals surface area contributed by atoms with Gasteiger partial charge >= 0.3 is 0 Å². The van der Waals surface area contributed by atoms with Crippen molar-refractivity contribution in [2.75, 3.05) is 11.2 Å². The van der Waals surface area contributed by atoms with Gasteiger partial charge in [-0.1, -0.05) is 46.3 Å². The molecular formula is C11H14BrClO. The standard InChI is InChI=1S/C11H14BrClO/c1-11(8-12,9-13)14-7-10-5-3-2-4-6-10/h2-6H,7-9H2,1H3. The lowest BCUT2D eigenvalue weighted by Gasteiger charge is -2.25. The fourth-order valence-corrected chi connectivity index (χ4v) is 1.70. The van der Waals surface area contributed by atoms with E-state index in [4.69, 9.17) is 16.3 Å². The summed E-state index contributed by atoms with van der Waals surface area (Å²) in [5.41, 5.74) is 0.891. The molecule has 3 heteroatoms.